The second-order valence-corrected chi connectivity index (χ2v) is 5.43. The molecular formula is C14H18O4S. The lowest BCUT2D eigenvalue weighted by atomic mass is 10.1. The number of carboxylic acid groups (broad SMARTS) is 1. The summed E-state index contributed by atoms with van der Waals surface area (Å²) < 4.78 is 5.49. The van der Waals surface area contributed by atoms with Crippen molar-refractivity contribution < 1.29 is 19.4 Å². The molecular weight excluding hydrogens is 264 g/mol. The molecule has 1 rings (SSSR count). The van der Waals surface area contributed by atoms with Crippen LogP contribution in [0.1, 0.15) is 36.7 Å². The van der Waals surface area contributed by atoms with Gasteiger partial charge in [0.25, 0.3) is 0 Å². The molecule has 5 heteroatoms. The van der Waals surface area contributed by atoms with Gasteiger partial charge in [0.1, 0.15) is 5.75 Å². The maximum Gasteiger partial charge on any atom is 0.316 e. The van der Waals surface area contributed by atoms with Crippen LogP contribution in [0.4, 0.5) is 0 Å². The average molecular weight is 282 g/mol. The van der Waals surface area contributed by atoms with E-state index in [4.69, 9.17) is 9.84 Å². The van der Waals surface area contributed by atoms with E-state index in [9.17, 15) is 9.59 Å². The molecule has 0 aliphatic heterocycles. The molecule has 1 N–H and O–H groups in total. The Morgan fingerprint density at radius 1 is 1.42 bits per heavy atom. The van der Waals surface area contributed by atoms with Crippen molar-refractivity contribution in [3.8, 4) is 5.75 Å². The maximum atomic E-state index is 11.4. The van der Waals surface area contributed by atoms with E-state index in [-0.39, 0.29) is 5.78 Å². The van der Waals surface area contributed by atoms with Crippen molar-refractivity contribution in [2.24, 2.45) is 0 Å². The second kappa shape index (κ2) is 7.19. The number of ketones is 1. The highest BCUT2D eigenvalue weighted by atomic mass is 32.2. The van der Waals surface area contributed by atoms with Gasteiger partial charge in [0.05, 0.1) is 11.9 Å². The van der Waals surface area contributed by atoms with E-state index in [0.29, 0.717) is 23.7 Å². The van der Waals surface area contributed by atoms with Gasteiger partial charge < -0.3 is 9.84 Å². The van der Waals surface area contributed by atoms with Crippen molar-refractivity contribution in [3.05, 3.63) is 29.3 Å². The lowest BCUT2D eigenvalue weighted by Crippen LogP contribution is -2.12. The van der Waals surface area contributed by atoms with Crippen LogP contribution in [0, 0.1) is 0 Å². The molecule has 4 nitrogen and oxygen atoms in total. The molecule has 0 aromatic heterocycles. The first-order valence-electron chi connectivity index (χ1n) is 6.06. The normalized spacial score (nSPS) is 11.9. The Morgan fingerprint density at radius 2 is 2.11 bits per heavy atom. The topological polar surface area (TPSA) is 63.6 Å². The highest BCUT2D eigenvalue weighted by Crippen LogP contribution is 2.27. The van der Waals surface area contributed by atoms with Gasteiger partial charge in [0.15, 0.2) is 5.78 Å². The first-order chi connectivity index (χ1) is 8.95. The molecule has 1 atom stereocenters. The minimum atomic E-state index is -0.842. The molecule has 104 valence electrons. The Labute approximate surface area is 117 Å². The van der Waals surface area contributed by atoms with Gasteiger partial charge in [-0.15, -0.1) is 11.8 Å². The van der Waals surface area contributed by atoms with E-state index >= 15 is 0 Å². The molecule has 0 saturated heterocycles. The number of carboxylic acids is 1. The van der Waals surface area contributed by atoms with Gasteiger partial charge in [-0.1, -0.05) is 0 Å². The highest BCUT2D eigenvalue weighted by molar-refractivity contribution is 7.99. The molecule has 0 bridgehead atoms. The van der Waals surface area contributed by atoms with Gasteiger partial charge in [-0.05, 0) is 39.0 Å². The summed E-state index contributed by atoms with van der Waals surface area (Å²) in [7, 11) is 0. The zero-order valence-corrected chi connectivity index (χ0v) is 12.1. The second-order valence-electron chi connectivity index (χ2n) is 4.10. The fourth-order valence-corrected chi connectivity index (χ4v) is 2.29. The van der Waals surface area contributed by atoms with Crippen LogP contribution < -0.4 is 4.74 Å². The van der Waals surface area contributed by atoms with Crippen LogP contribution in [0.3, 0.4) is 0 Å². The molecule has 0 saturated carbocycles. The zero-order valence-electron chi connectivity index (χ0n) is 11.3. The van der Waals surface area contributed by atoms with Crippen molar-refractivity contribution in [2.75, 3.05) is 6.61 Å². The number of carbonyl (C=O) groups is 2. The third kappa shape index (κ3) is 4.59. The van der Waals surface area contributed by atoms with E-state index in [2.05, 4.69) is 0 Å². The first kappa shape index (κ1) is 15.6. The van der Waals surface area contributed by atoms with Crippen LogP contribution in [-0.2, 0) is 10.5 Å². The maximum absolute atomic E-state index is 11.4. The van der Waals surface area contributed by atoms with Crippen molar-refractivity contribution in [1.29, 1.82) is 0 Å². The third-order valence-electron chi connectivity index (χ3n) is 2.60. The molecule has 1 aromatic rings. The van der Waals surface area contributed by atoms with Gasteiger partial charge >= 0.3 is 5.97 Å². The van der Waals surface area contributed by atoms with E-state index in [1.807, 2.05) is 6.92 Å². The van der Waals surface area contributed by atoms with Crippen LogP contribution in [0.25, 0.3) is 0 Å². The van der Waals surface area contributed by atoms with Crippen molar-refractivity contribution in [3.63, 3.8) is 0 Å². The van der Waals surface area contributed by atoms with Gasteiger partial charge in [0.2, 0.25) is 0 Å². The number of ether oxygens (including phenoxy) is 1. The van der Waals surface area contributed by atoms with E-state index < -0.39 is 11.2 Å². The van der Waals surface area contributed by atoms with Crippen LogP contribution in [0.15, 0.2) is 18.2 Å². The number of hydrogen-bond donors (Lipinski definition) is 1. The molecule has 0 aliphatic carbocycles. The monoisotopic (exact) mass is 282 g/mol. The summed E-state index contributed by atoms with van der Waals surface area (Å²) in [4.78, 5) is 22.2. The van der Waals surface area contributed by atoms with Gasteiger partial charge in [-0.2, -0.15) is 0 Å². The Morgan fingerprint density at radius 3 is 2.63 bits per heavy atom. The molecule has 0 heterocycles. The lowest BCUT2D eigenvalue weighted by molar-refractivity contribution is -0.136. The van der Waals surface area contributed by atoms with Gasteiger partial charge in [-0.3, -0.25) is 9.59 Å². The predicted molar refractivity (Wildman–Crippen MR) is 76.0 cm³/mol. The summed E-state index contributed by atoms with van der Waals surface area (Å²) in [6.45, 7) is 5.57. The Bertz CT molecular complexity index is 471. The first-order valence-corrected chi connectivity index (χ1v) is 7.11. The molecule has 0 aliphatic rings. The van der Waals surface area contributed by atoms with Crippen molar-refractivity contribution in [1.82, 2.24) is 0 Å². The molecule has 1 unspecified atom stereocenters. The number of thioether (sulfide) groups is 1. The summed E-state index contributed by atoms with van der Waals surface area (Å²) in [6, 6.07) is 5.26. The zero-order chi connectivity index (χ0) is 14.4. The Kier molecular flexibility index (Phi) is 5.89. The van der Waals surface area contributed by atoms with Crippen LogP contribution in [-0.4, -0.2) is 28.7 Å². The summed E-state index contributed by atoms with van der Waals surface area (Å²) >= 11 is 1.31. The van der Waals surface area contributed by atoms with Crippen LogP contribution >= 0.6 is 11.8 Å². The van der Waals surface area contributed by atoms with Crippen LogP contribution in [0.2, 0.25) is 0 Å². The van der Waals surface area contributed by atoms with Gasteiger partial charge in [0, 0.05) is 16.9 Å². The summed E-state index contributed by atoms with van der Waals surface area (Å²) in [6.07, 6.45) is 0. The average Bonchev–Trinajstić information content (AvgIpc) is 2.37. The summed E-state index contributed by atoms with van der Waals surface area (Å²) in [5.74, 6) is 0.355. The Hall–Kier alpha value is -1.49. The molecule has 0 spiro atoms. The molecule has 1 aromatic carbocycles. The number of aliphatic carboxylic acids is 1. The molecule has 19 heavy (non-hydrogen) atoms. The van der Waals surface area contributed by atoms with Crippen molar-refractivity contribution >= 4 is 23.5 Å². The van der Waals surface area contributed by atoms with Crippen molar-refractivity contribution in [2.45, 2.75) is 31.8 Å². The SMILES string of the molecule is CCOc1ccc(C(C)=O)cc1CSC(C)C(=O)O. The molecule has 0 fully saturated rings. The van der Waals surface area contributed by atoms with Crippen LogP contribution in [0.5, 0.6) is 5.75 Å². The van der Waals surface area contributed by atoms with Gasteiger partial charge in [-0.25, -0.2) is 0 Å². The van der Waals surface area contributed by atoms with E-state index in [1.54, 1.807) is 25.1 Å². The summed E-state index contributed by atoms with van der Waals surface area (Å²) in [5, 5.41) is 8.38. The summed E-state index contributed by atoms with van der Waals surface area (Å²) in [5.41, 5.74) is 1.47. The lowest BCUT2D eigenvalue weighted by Gasteiger charge is -2.12. The quantitative estimate of drug-likeness (QED) is 0.779. The fourth-order valence-electron chi connectivity index (χ4n) is 1.49. The number of hydrogen-bond acceptors (Lipinski definition) is 4. The fraction of sp³-hybridized carbons (Fsp3) is 0.429. The number of carbonyl (C=O) groups excluding carboxylic acids is 1. The Balaban J connectivity index is 2.90. The number of benzene rings is 1. The number of rotatable bonds is 7. The minimum absolute atomic E-state index is 0.0134. The number of Topliss-reactive ketones (excluding diaryl/α,β-unsaturated/α-hetero) is 1. The molecule has 0 radical (unpaired) electrons. The third-order valence-corrected chi connectivity index (χ3v) is 3.78. The molecule has 0 amide bonds. The van der Waals surface area contributed by atoms with E-state index in [0.717, 1.165) is 5.56 Å². The highest BCUT2D eigenvalue weighted by Gasteiger charge is 2.14. The smallest absolute Gasteiger partial charge is 0.316 e. The standard InChI is InChI=1S/C14H18O4S/c1-4-18-13-6-5-11(9(2)15)7-12(13)8-19-10(3)14(16)17/h5-7,10H,4,8H2,1-3H3,(H,16,17). The predicted octanol–water partition coefficient (Wildman–Crippen LogP) is 2.99. The van der Waals surface area contributed by atoms with E-state index in [1.165, 1.54) is 18.7 Å². The largest absolute Gasteiger partial charge is 0.494 e. The minimum Gasteiger partial charge on any atom is -0.494 e.